The second kappa shape index (κ2) is 6.68. The quantitative estimate of drug-likeness (QED) is 0.856. The van der Waals surface area contributed by atoms with Gasteiger partial charge in [-0.2, -0.15) is 0 Å². The Morgan fingerprint density at radius 3 is 2.70 bits per heavy atom. The molecule has 1 aromatic heterocycles. The molecular formula is C15H17ClN2O2. The van der Waals surface area contributed by atoms with Crippen LogP contribution in [0.5, 0.6) is 11.6 Å². The first kappa shape index (κ1) is 14.8. The fourth-order valence-corrected chi connectivity index (χ4v) is 2.30. The first-order valence-corrected chi connectivity index (χ1v) is 6.88. The van der Waals surface area contributed by atoms with Crippen molar-refractivity contribution in [1.82, 2.24) is 9.97 Å². The van der Waals surface area contributed by atoms with Gasteiger partial charge >= 0.3 is 0 Å². The normalized spacial score (nSPS) is 10.8. The standard InChI is InChI=1S/C15H17ClN2O2/c1-10(2)13-14(16)17-9-18-15(13)20-12-6-4-3-5-11(12)7-8-19/h3-6,9-10,19H,7-8H2,1-2H3. The lowest BCUT2D eigenvalue weighted by Gasteiger charge is -2.15. The summed E-state index contributed by atoms with van der Waals surface area (Å²) in [4.78, 5) is 8.17. The van der Waals surface area contributed by atoms with Gasteiger partial charge in [0.2, 0.25) is 5.88 Å². The number of hydrogen-bond acceptors (Lipinski definition) is 4. The first-order chi connectivity index (χ1) is 9.63. The van der Waals surface area contributed by atoms with Crippen molar-refractivity contribution in [2.24, 2.45) is 0 Å². The number of halogens is 1. The minimum Gasteiger partial charge on any atom is -0.438 e. The van der Waals surface area contributed by atoms with Crippen LogP contribution in [0.25, 0.3) is 0 Å². The Bertz CT molecular complexity index is 588. The van der Waals surface area contributed by atoms with E-state index in [-0.39, 0.29) is 12.5 Å². The molecule has 0 saturated heterocycles. The predicted octanol–water partition coefficient (Wildman–Crippen LogP) is 3.58. The van der Waals surface area contributed by atoms with Gasteiger partial charge in [0.1, 0.15) is 17.2 Å². The highest BCUT2D eigenvalue weighted by atomic mass is 35.5. The molecule has 0 aliphatic rings. The molecule has 0 aliphatic heterocycles. The van der Waals surface area contributed by atoms with Crippen LogP contribution in [0.3, 0.4) is 0 Å². The van der Waals surface area contributed by atoms with Crippen molar-refractivity contribution >= 4 is 11.6 Å². The van der Waals surface area contributed by atoms with Crippen LogP contribution in [0.1, 0.15) is 30.9 Å². The lowest BCUT2D eigenvalue weighted by atomic mass is 10.1. The van der Waals surface area contributed by atoms with E-state index < -0.39 is 0 Å². The van der Waals surface area contributed by atoms with E-state index in [1.54, 1.807) is 0 Å². The summed E-state index contributed by atoms with van der Waals surface area (Å²) < 4.78 is 5.89. The molecule has 1 aromatic carbocycles. The van der Waals surface area contributed by atoms with Gasteiger partial charge < -0.3 is 9.84 Å². The second-order valence-corrected chi connectivity index (χ2v) is 5.08. The first-order valence-electron chi connectivity index (χ1n) is 6.50. The Kier molecular flexibility index (Phi) is 4.93. The Hall–Kier alpha value is -1.65. The lowest BCUT2D eigenvalue weighted by molar-refractivity contribution is 0.297. The molecule has 2 aromatic rings. The molecule has 106 valence electrons. The maximum atomic E-state index is 9.09. The number of aliphatic hydroxyl groups excluding tert-OH is 1. The Labute approximate surface area is 123 Å². The fourth-order valence-electron chi connectivity index (χ4n) is 1.96. The van der Waals surface area contributed by atoms with Crippen LogP contribution in [0.15, 0.2) is 30.6 Å². The van der Waals surface area contributed by atoms with Crippen LogP contribution in [0.2, 0.25) is 5.15 Å². The van der Waals surface area contributed by atoms with Gasteiger partial charge in [-0.1, -0.05) is 43.6 Å². The molecule has 5 heteroatoms. The van der Waals surface area contributed by atoms with Gasteiger partial charge in [0.05, 0.1) is 5.56 Å². The van der Waals surface area contributed by atoms with Gasteiger partial charge in [-0.15, -0.1) is 0 Å². The Morgan fingerprint density at radius 2 is 2.00 bits per heavy atom. The lowest BCUT2D eigenvalue weighted by Crippen LogP contribution is -2.01. The van der Waals surface area contributed by atoms with Crippen LogP contribution in [-0.2, 0) is 6.42 Å². The van der Waals surface area contributed by atoms with E-state index >= 15 is 0 Å². The smallest absolute Gasteiger partial charge is 0.227 e. The largest absolute Gasteiger partial charge is 0.438 e. The van der Waals surface area contributed by atoms with Crippen LogP contribution < -0.4 is 4.74 Å². The van der Waals surface area contributed by atoms with Gasteiger partial charge in [0.25, 0.3) is 0 Å². The zero-order valence-corrected chi connectivity index (χ0v) is 12.3. The minimum atomic E-state index is 0.0714. The SMILES string of the molecule is CC(C)c1c(Cl)ncnc1Oc1ccccc1CCO. The van der Waals surface area contributed by atoms with E-state index in [9.17, 15) is 0 Å². The summed E-state index contributed by atoms with van der Waals surface area (Å²) in [6, 6.07) is 7.57. The molecule has 4 nitrogen and oxygen atoms in total. The molecule has 0 bridgehead atoms. The highest BCUT2D eigenvalue weighted by Gasteiger charge is 2.16. The van der Waals surface area contributed by atoms with E-state index in [1.165, 1.54) is 6.33 Å². The van der Waals surface area contributed by atoms with E-state index in [0.29, 0.717) is 23.2 Å². The van der Waals surface area contributed by atoms with E-state index in [4.69, 9.17) is 21.4 Å². The molecule has 0 saturated carbocycles. The third-order valence-corrected chi connectivity index (χ3v) is 3.24. The van der Waals surface area contributed by atoms with Gasteiger partial charge in [-0.3, -0.25) is 0 Å². The van der Waals surface area contributed by atoms with Crippen LogP contribution in [-0.4, -0.2) is 21.7 Å². The molecule has 0 radical (unpaired) electrons. The fraction of sp³-hybridized carbons (Fsp3) is 0.333. The summed E-state index contributed by atoms with van der Waals surface area (Å²) in [6.45, 7) is 4.09. The van der Waals surface area contributed by atoms with Crippen molar-refractivity contribution in [1.29, 1.82) is 0 Å². The summed E-state index contributed by atoms with van der Waals surface area (Å²) in [5, 5.41) is 9.50. The van der Waals surface area contributed by atoms with Crippen LogP contribution in [0, 0.1) is 0 Å². The van der Waals surface area contributed by atoms with Gasteiger partial charge in [-0.25, -0.2) is 9.97 Å². The Balaban J connectivity index is 2.38. The third-order valence-electron chi connectivity index (χ3n) is 2.94. The summed E-state index contributed by atoms with van der Waals surface area (Å²) in [5.74, 6) is 1.30. The number of rotatable bonds is 5. The van der Waals surface area contributed by atoms with E-state index in [0.717, 1.165) is 11.1 Å². The van der Waals surface area contributed by atoms with Gasteiger partial charge in [0.15, 0.2) is 0 Å². The average Bonchev–Trinajstić information content (AvgIpc) is 2.41. The van der Waals surface area contributed by atoms with Gasteiger partial charge in [0, 0.05) is 6.61 Å². The number of para-hydroxylation sites is 1. The number of hydrogen-bond donors (Lipinski definition) is 1. The molecule has 1 heterocycles. The molecule has 20 heavy (non-hydrogen) atoms. The van der Waals surface area contributed by atoms with Crippen LogP contribution in [0.4, 0.5) is 0 Å². The maximum absolute atomic E-state index is 9.09. The molecular weight excluding hydrogens is 276 g/mol. The molecule has 0 fully saturated rings. The molecule has 1 N–H and O–H groups in total. The second-order valence-electron chi connectivity index (χ2n) is 4.72. The van der Waals surface area contributed by atoms with Crippen LogP contribution >= 0.6 is 11.6 Å². The van der Waals surface area contributed by atoms with Crippen molar-refractivity contribution < 1.29 is 9.84 Å². The number of aromatic nitrogens is 2. The monoisotopic (exact) mass is 292 g/mol. The average molecular weight is 293 g/mol. The number of nitrogens with zero attached hydrogens (tertiary/aromatic N) is 2. The molecule has 0 unspecified atom stereocenters. The number of benzene rings is 1. The Morgan fingerprint density at radius 1 is 1.25 bits per heavy atom. The molecule has 0 amide bonds. The van der Waals surface area contributed by atoms with Crippen molar-refractivity contribution in [2.75, 3.05) is 6.61 Å². The molecule has 2 rings (SSSR count). The summed E-state index contributed by atoms with van der Waals surface area (Å²) >= 11 is 6.12. The number of aliphatic hydroxyl groups is 1. The minimum absolute atomic E-state index is 0.0714. The summed E-state index contributed by atoms with van der Waals surface area (Å²) in [5.41, 5.74) is 1.72. The van der Waals surface area contributed by atoms with E-state index in [1.807, 2.05) is 38.1 Å². The van der Waals surface area contributed by atoms with E-state index in [2.05, 4.69) is 9.97 Å². The van der Waals surface area contributed by atoms with Crippen molar-refractivity contribution in [3.8, 4) is 11.6 Å². The van der Waals surface area contributed by atoms with Crippen molar-refractivity contribution in [2.45, 2.75) is 26.2 Å². The molecule has 0 aliphatic carbocycles. The number of ether oxygens (including phenoxy) is 1. The highest BCUT2D eigenvalue weighted by Crippen LogP contribution is 2.33. The maximum Gasteiger partial charge on any atom is 0.227 e. The zero-order chi connectivity index (χ0) is 14.5. The topological polar surface area (TPSA) is 55.2 Å². The van der Waals surface area contributed by atoms with Crippen molar-refractivity contribution in [3.63, 3.8) is 0 Å². The predicted molar refractivity (Wildman–Crippen MR) is 78.4 cm³/mol. The summed E-state index contributed by atoms with van der Waals surface area (Å²) in [7, 11) is 0. The third kappa shape index (κ3) is 3.26. The highest BCUT2D eigenvalue weighted by molar-refractivity contribution is 6.30. The molecule has 0 atom stereocenters. The summed E-state index contributed by atoms with van der Waals surface area (Å²) in [6.07, 6.45) is 1.92. The van der Waals surface area contributed by atoms with Gasteiger partial charge in [-0.05, 0) is 24.0 Å². The van der Waals surface area contributed by atoms with Crippen molar-refractivity contribution in [3.05, 3.63) is 46.9 Å². The molecule has 0 spiro atoms. The zero-order valence-electron chi connectivity index (χ0n) is 11.5.